The average molecular weight is 514 g/mol. The molecule has 38 heavy (non-hydrogen) atoms. The van der Waals surface area contributed by atoms with Gasteiger partial charge in [0.05, 0.1) is 12.6 Å². The molecule has 1 atom stereocenters. The van der Waals surface area contributed by atoms with Crippen LogP contribution in [0, 0.1) is 25.6 Å². The third-order valence-corrected chi connectivity index (χ3v) is 6.97. The Kier molecular flexibility index (Phi) is 6.93. The zero-order chi connectivity index (χ0) is 27.0. The van der Waals surface area contributed by atoms with E-state index in [4.69, 9.17) is 4.74 Å². The lowest BCUT2D eigenvalue weighted by atomic mass is 9.94. The molecule has 1 aromatic heterocycles. The van der Waals surface area contributed by atoms with Gasteiger partial charge in [0.2, 0.25) is 0 Å². The van der Waals surface area contributed by atoms with Gasteiger partial charge >= 0.3 is 0 Å². The summed E-state index contributed by atoms with van der Waals surface area (Å²) in [6.45, 7) is 9.00. The summed E-state index contributed by atoms with van der Waals surface area (Å²) >= 11 is 0. The topological polar surface area (TPSA) is 78.5 Å². The van der Waals surface area contributed by atoms with Gasteiger partial charge in [-0.25, -0.2) is 4.39 Å². The highest BCUT2D eigenvalue weighted by Gasteiger charge is 2.42. The number of phenols is 1. The second kappa shape index (κ2) is 10.3. The van der Waals surface area contributed by atoms with Gasteiger partial charge in [0.15, 0.2) is 0 Å². The fraction of sp³-hybridized carbons (Fsp3) is 0.290. The lowest BCUT2D eigenvalue weighted by Gasteiger charge is -2.27. The summed E-state index contributed by atoms with van der Waals surface area (Å²) in [4.78, 5) is 15.5. The molecular weight excluding hydrogens is 481 g/mol. The molecule has 0 saturated heterocycles. The van der Waals surface area contributed by atoms with Crippen LogP contribution in [-0.4, -0.2) is 32.7 Å². The molecule has 7 heteroatoms. The molecule has 2 heterocycles. The van der Waals surface area contributed by atoms with E-state index >= 15 is 0 Å². The Balaban J connectivity index is 1.61. The largest absolute Gasteiger partial charge is 0.507 e. The van der Waals surface area contributed by atoms with Crippen LogP contribution in [0.5, 0.6) is 11.5 Å². The lowest BCUT2D eigenvalue weighted by molar-refractivity contribution is 0.0729. The summed E-state index contributed by atoms with van der Waals surface area (Å²) in [5, 5.41) is 18.4. The Hall–Kier alpha value is -4.13. The number of hydrogen-bond acceptors (Lipinski definition) is 4. The molecule has 5 rings (SSSR count). The minimum atomic E-state index is -0.481. The van der Waals surface area contributed by atoms with Gasteiger partial charge in [-0.05, 0) is 78.8 Å². The Morgan fingerprint density at radius 3 is 2.61 bits per heavy atom. The number of nitrogens with one attached hydrogen (secondary N) is 1. The molecule has 1 aliphatic heterocycles. The van der Waals surface area contributed by atoms with Crippen LogP contribution < -0.4 is 4.74 Å². The number of phenolic OH excluding ortho intramolecular Hbond substituents is 1. The molecule has 3 aromatic carbocycles. The van der Waals surface area contributed by atoms with Gasteiger partial charge < -0.3 is 14.7 Å². The van der Waals surface area contributed by atoms with E-state index in [2.05, 4.69) is 24.0 Å². The predicted octanol–water partition coefficient (Wildman–Crippen LogP) is 6.71. The van der Waals surface area contributed by atoms with E-state index in [-0.39, 0.29) is 24.0 Å². The molecule has 1 aliphatic rings. The summed E-state index contributed by atoms with van der Waals surface area (Å²) in [6.07, 6.45) is 0.935. The van der Waals surface area contributed by atoms with Gasteiger partial charge in [-0.3, -0.25) is 9.89 Å². The van der Waals surface area contributed by atoms with Gasteiger partial charge in [-0.1, -0.05) is 44.2 Å². The third kappa shape index (κ3) is 4.88. The number of rotatable bonds is 8. The third-order valence-electron chi connectivity index (χ3n) is 6.97. The monoisotopic (exact) mass is 513 g/mol. The molecule has 1 amide bonds. The van der Waals surface area contributed by atoms with Gasteiger partial charge in [-0.15, -0.1) is 0 Å². The van der Waals surface area contributed by atoms with Crippen LogP contribution in [0.4, 0.5) is 4.39 Å². The summed E-state index contributed by atoms with van der Waals surface area (Å²) in [5.74, 6) is 0.858. The first-order valence-electron chi connectivity index (χ1n) is 12.9. The minimum Gasteiger partial charge on any atom is -0.507 e. The van der Waals surface area contributed by atoms with Gasteiger partial charge in [0, 0.05) is 17.7 Å². The highest BCUT2D eigenvalue weighted by molar-refractivity contribution is 6.00. The second-order valence-electron chi connectivity index (χ2n) is 10.4. The molecule has 0 spiro atoms. The zero-order valence-corrected chi connectivity index (χ0v) is 22.1. The van der Waals surface area contributed by atoms with Crippen molar-refractivity contribution in [3.8, 4) is 22.8 Å². The molecule has 0 radical (unpaired) electrons. The highest BCUT2D eigenvalue weighted by Crippen LogP contribution is 2.46. The maximum Gasteiger partial charge on any atom is 0.273 e. The molecule has 4 aromatic rings. The average Bonchev–Trinajstić information content (AvgIpc) is 3.41. The number of H-pyrrole nitrogens is 1. The number of aromatic nitrogens is 2. The molecular formula is C31H32FN3O3. The smallest absolute Gasteiger partial charge is 0.273 e. The number of aryl methyl sites for hydroxylation is 2. The van der Waals surface area contributed by atoms with Crippen molar-refractivity contribution in [1.29, 1.82) is 0 Å². The van der Waals surface area contributed by atoms with Gasteiger partial charge in [0.1, 0.15) is 28.7 Å². The zero-order valence-electron chi connectivity index (χ0n) is 22.1. The molecule has 1 unspecified atom stereocenters. The van der Waals surface area contributed by atoms with Crippen molar-refractivity contribution in [3.63, 3.8) is 0 Å². The maximum absolute atomic E-state index is 13.7. The first-order chi connectivity index (χ1) is 18.2. The van der Waals surface area contributed by atoms with E-state index in [9.17, 15) is 14.3 Å². The lowest BCUT2D eigenvalue weighted by Crippen LogP contribution is -2.29. The van der Waals surface area contributed by atoms with Crippen molar-refractivity contribution < 1.29 is 19.0 Å². The number of aromatic hydroxyl groups is 1. The van der Waals surface area contributed by atoms with E-state index in [1.165, 1.54) is 12.1 Å². The van der Waals surface area contributed by atoms with Crippen molar-refractivity contribution in [2.75, 3.05) is 6.61 Å². The summed E-state index contributed by atoms with van der Waals surface area (Å²) in [5.41, 5.74) is 5.60. The number of nitrogens with zero attached hydrogens (tertiary/aromatic N) is 2. The van der Waals surface area contributed by atoms with Gasteiger partial charge in [-0.2, -0.15) is 5.10 Å². The Morgan fingerprint density at radius 1 is 1.11 bits per heavy atom. The van der Waals surface area contributed by atoms with E-state index in [0.717, 1.165) is 34.4 Å². The Bertz CT molecular complexity index is 1480. The predicted molar refractivity (Wildman–Crippen MR) is 145 cm³/mol. The molecule has 6 nitrogen and oxygen atoms in total. The van der Waals surface area contributed by atoms with Crippen LogP contribution in [0.3, 0.4) is 0 Å². The molecule has 196 valence electrons. The molecule has 0 aliphatic carbocycles. The standard InChI is InChI=1S/C31H32FN3O3/c1-18(2)12-13-38-24-7-5-6-22(16-24)29-26-27(25-15-19(3)14-20(4)30(25)36)33-34-28(26)31(37)35(29)17-21-8-10-23(32)11-9-21/h5-11,14-16,18,29,36H,12-13,17H2,1-4H3,(H,33,34). The van der Waals surface area contributed by atoms with Crippen LogP contribution in [-0.2, 0) is 6.54 Å². The molecule has 0 saturated carbocycles. The first kappa shape index (κ1) is 25.5. The van der Waals surface area contributed by atoms with E-state index in [1.807, 2.05) is 50.2 Å². The fourth-order valence-electron chi connectivity index (χ4n) is 5.03. The van der Waals surface area contributed by atoms with Crippen molar-refractivity contribution in [2.24, 2.45) is 5.92 Å². The number of amides is 1. The number of hydrogen-bond donors (Lipinski definition) is 2. The van der Waals surface area contributed by atoms with Crippen LogP contribution in [0.25, 0.3) is 11.3 Å². The maximum atomic E-state index is 13.7. The summed E-state index contributed by atoms with van der Waals surface area (Å²) in [6, 6.07) is 17.2. The normalized spacial score (nSPS) is 14.8. The van der Waals surface area contributed by atoms with Crippen molar-refractivity contribution in [3.05, 3.63) is 100.0 Å². The van der Waals surface area contributed by atoms with Crippen molar-refractivity contribution in [2.45, 2.75) is 46.7 Å². The van der Waals surface area contributed by atoms with Crippen molar-refractivity contribution >= 4 is 5.91 Å². The van der Waals surface area contributed by atoms with Crippen LogP contribution in [0.2, 0.25) is 0 Å². The Morgan fingerprint density at radius 2 is 1.87 bits per heavy atom. The fourth-order valence-corrected chi connectivity index (χ4v) is 5.03. The SMILES string of the molecule is Cc1cc(C)c(O)c(-c2n[nH]c3c2C(c2cccc(OCCC(C)C)c2)N(Cc2ccc(F)cc2)C3=O)c1. The van der Waals surface area contributed by atoms with Crippen LogP contribution in [0.15, 0.2) is 60.7 Å². The van der Waals surface area contributed by atoms with E-state index in [0.29, 0.717) is 35.0 Å². The summed E-state index contributed by atoms with van der Waals surface area (Å²) in [7, 11) is 0. The number of carbonyl (C=O) groups excluding carboxylic acids is 1. The van der Waals surface area contributed by atoms with Gasteiger partial charge in [0.25, 0.3) is 5.91 Å². The number of ether oxygens (including phenoxy) is 1. The van der Waals surface area contributed by atoms with Crippen LogP contribution >= 0.6 is 0 Å². The first-order valence-corrected chi connectivity index (χ1v) is 12.9. The van der Waals surface area contributed by atoms with E-state index < -0.39 is 6.04 Å². The number of carbonyl (C=O) groups is 1. The molecule has 0 bridgehead atoms. The number of benzene rings is 3. The Labute approximate surface area is 222 Å². The van der Waals surface area contributed by atoms with Crippen molar-refractivity contribution in [1.82, 2.24) is 15.1 Å². The number of aromatic amines is 1. The molecule has 0 fully saturated rings. The number of halogens is 1. The number of fused-ring (bicyclic) bond motifs is 1. The highest BCUT2D eigenvalue weighted by atomic mass is 19.1. The molecule has 2 N–H and O–H groups in total. The quantitative estimate of drug-likeness (QED) is 0.275. The summed E-state index contributed by atoms with van der Waals surface area (Å²) < 4.78 is 19.6. The minimum absolute atomic E-state index is 0.138. The van der Waals surface area contributed by atoms with E-state index in [1.54, 1.807) is 17.0 Å². The van der Waals surface area contributed by atoms with Crippen LogP contribution in [0.1, 0.15) is 64.6 Å². The second-order valence-corrected chi connectivity index (χ2v) is 10.4.